The molecule has 0 aromatic heterocycles. The van der Waals surface area contributed by atoms with Gasteiger partial charge in [0.2, 0.25) is 0 Å². The second-order valence-electron chi connectivity index (χ2n) is 5.73. The summed E-state index contributed by atoms with van der Waals surface area (Å²) in [7, 11) is -2.58. The smallest absolute Gasteiger partial charge is 0.265 e. The topological polar surface area (TPSA) is 66.8 Å². The number of methoxy groups -OCH3 is 1. The van der Waals surface area contributed by atoms with Crippen molar-refractivity contribution in [2.24, 2.45) is 0 Å². The molecule has 0 fully saturated rings. The minimum absolute atomic E-state index is 0.0641. The number of ether oxygens (including phenoxy) is 1. The molecule has 2 aromatic rings. The Morgan fingerprint density at radius 2 is 2.04 bits per heavy atom. The molecule has 0 bridgehead atoms. The van der Waals surface area contributed by atoms with Crippen molar-refractivity contribution < 1.29 is 22.7 Å². The quantitative estimate of drug-likeness (QED) is 0.878. The van der Waals surface area contributed by atoms with Crippen LogP contribution in [0.5, 0.6) is 5.75 Å². The lowest BCUT2D eigenvalue weighted by Crippen LogP contribution is -2.32. The lowest BCUT2D eigenvalue weighted by molar-refractivity contribution is 0.168. The largest absolute Gasteiger partial charge is 0.497 e. The zero-order valence-corrected chi connectivity index (χ0v) is 15.0. The number of fused-ring (bicyclic) bond motifs is 1. The summed E-state index contributed by atoms with van der Waals surface area (Å²) in [5, 5.41) is 10.3. The molecule has 2 aromatic carbocycles. The number of sulfonamides is 1. The molecule has 1 aliphatic heterocycles. The maximum atomic E-state index is 13.6. The number of aliphatic hydroxyl groups excluding tert-OH is 1. The second kappa shape index (κ2) is 6.82. The number of rotatable bonds is 3. The van der Waals surface area contributed by atoms with Crippen LogP contribution in [0.2, 0.25) is 5.02 Å². The Balaban J connectivity index is 2.16. The summed E-state index contributed by atoms with van der Waals surface area (Å²) in [6, 6.07) is 8.07. The summed E-state index contributed by atoms with van der Waals surface area (Å²) in [6.45, 7) is 0.158. The highest BCUT2D eigenvalue weighted by atomic mass is 35.5. The van der Waals surface area contributed by atoms with Crippen LogP contribution in [0.15, 0.2) is 41.3 Å². The minimum atomic E-state index is -4.01. The molecule has 1 aliphatic rings. The first-order chi connectivity index (χ1) is 11.8. The van der Waals surface area contributed by atoms with Crippen LogP contribution in [-0.4, -0.2) is 27.2 Å². The molecule has 0 aliphatic carbocycles. The van der Waals surface area contributed by atoms with E-state index >= 15 is 0 Å². The Morgan fingerprint density at radius 1 is 1.28 bits per heavy atom. The molecule has 25 heavy (non-hydrogen) atoms. The van der Waals surface area contributed by atoms with Gasteiger partial charge >= 0.3 is 0 Å². The van der Waals surface area contributed by atoms with Gasteiger partial charge in [-0.25, -0.2) is 12.8 Å². The highest BCUT2D eigenvalue weighted by Gasteiger charge is 2.32. The summed E-state index contributed by atoms with van der Waals surface area (Å²) in [6.07, 6.45) is -0.154. The summed E-state index contributed by atoms with van der Waals surface area (Å²) in [5.41, 5.74) is 0.505. The molecule has 0 radical (unpaired) electrons. The van der Waals surface area contributed by atoms with Crippen molar-refractivity contribution in [3.8, 4) is 5.75 Å². The van der Waals surface area contributed by atoms with Gasteiger partial charge in [-0.1, -0.05) is 11.6 Å². The van der Waals surface area contributed by atoms with Crippen molar-refractivity contribution in [3.63, 3.8) is 0 Å². The van der Waals surface area contributed by atoms with Crippen LogP contribution in [0.25, 0.3) is 0 Å². The third-order valence-electron chi connectivity index (χ3n) is 4.16. The number of nitrogens with zero attached hydrogens (tertiary/aromatic N) is 1. The van der Waals surface area contributed by atoms with Crippen molar-refractivity contribution in [2.75, 3.05) is 18.0 Å². The van der Waals surface area contributed by atoms with E-state index in [2.05, 4.69) is 0 Å². The van der Waals surface area contributed by atoms with Crippen LogP contribution in [0.4, 0.5) is 10.1 Å². The number of aliphatic hydroxyl groups is 1. The van der Waals surface area contributed by atoms with Crippen molar-refractivity contribution in [3.05, 3.63) is 52.8 Å². The van der Waals surface area contributed by atoms with E-state index in [0.29, 0.717) is 18.6 Å². The van der Waals surface area contributed by atoms with Gasteiger partial charge in [0.25, 0.3) is 10.0 Å². The first kappa shape index (κ1) is 18.0. The molecule has 1 N–H and O–H groups in total. The molecule has 1 heterocycles. The second-order valence-corrected chi connectivity index (χ2v) is 7.97. The standard InChI is InChI=1S/C17H17ClFNO4S/c1-24-12-5-6-14(18)17(10-12)25(22,23)20-8-2-3-16(21)13-9-11(19)4-7-15(13)20/h4-7,9-10,16,21H,2-3,8H2,1H3/t16-/m1/s1. The normalized spacial score (nSPS) is 17.8. The predicted octanol–water partition coefficient (Wildman–Crippen LogP) is 3.51. The van der Waals surface area contributed by atoms with Gasteiger partial charge in [-0.3, -0.25) is 4.31 Å². The molecule has 0 saturated heterocycles. The molecule has 0 saturated carbocycles. The van der Waals surface area contributed by atoms with Crippen molar-refractivity contribution in [1.82, 2.24) is 0 Å². The maximum absolute atomic E-state index is 13.6. The minimum Gasteiger partial charge on any atom is -0.497 e. The van der Waals surface area contributed by atoms with E-state index in [1.807, 2.05) is 0 Å². The highest BCUT2D eigenvalue weighted by molar-refractivity contribution is 7.93. The van der Waals surface area contributed by atoms with Gasteiger partial charge in [0.05, 0.1) is 23.9 Å². The SMILES string of the molecule is COc1ccc(Cl)c(S(=O)(=O)N2CCC[C@@H](O)c3cc(F)ccc32)c1. The van der Waals surface area contributed by atoms with Crippen LogP contribution in [0.1, 0.15) is 24.5 Å². The monoisotopic (exact) mass is 385 g/mol. The molecule has 1 atom stereocenters. The average Bonchev–Trinajstić information content (AvgIpc) is 2.74. The Labute approximate surface area is 150 Å². The van der Waals surface area contributed by atoms with E-state index in [-0.39, 0.29) is 27.7 Å². The van der Waals surface area contributed by atoms with E-state index in [9.17, 15) is 17.9 Å². The highest BCUT2D eigenvalue weighted by Crippen LogP contribution is 2.38. The summed E-state index contributed by atoms with van der Waals surface area (Å²) in [4.78, 5) is -0.0971. The van der Waals surface area contributed by atoms with Crippen molar-refractivity contribution in [2.45, 2.75) is 23.8 Å². The molecule has 0 spiro atoms. The lowest BCUT2D eigenvalue weighted by Gasteiger charge is -2.25. The Hall–Kier alpha value is -1.83. The summed E-state index contributed by atoms with van der Waals surface area (Å²) >= 11 is 6.11. The number of anilines is 1. The van der Waals surface area contributed by atoms with Gasteiger partial charge in [-0.2, -0.15) is 0 Å². The van der Waals surface area contributed by atoms with Gasteiger partial charge in [0, 0.05) is 18.2 Å². The molecule has 3 rings (SSSR count). The third-order valence-corrected chi connectivity index (χ3v) is 6.46. The Bertz CT molecular complexity index is 904. The van der Waals surface area contributed by atoms with Gasteiger partial charge in [0.15, 0.2) is 0 Å². The Kier molecular flexibility index (Phi) is 4.90. The van der Waals surface area contributed by atoms with Gasteiger partial charge in [-0.05, 0) is 43.2 Å². The number of benzene rings is 2. The predicted molar refractivity (Wildman–Crippen MR) is 93.1 cm³/mol. The lowest BCUT2D eigenvalue weighted by atomic mass is 10.0. The maximum Gasteiger partial charge on any atom is 0.265 e. The van der Waals surface area contributed by atoms with Crippen LogP contribution in [0.3, 0.4) is 0 Å². The van der Waals surface area contributed by atoms with E-state index in [1.54, 1.807) is 6.07 Å². The molecular weight excluding hydrogens is 369 g/mol. The van der Waals surface area contributed by atoms with Crippen LogP contribution in [0, 0.1) is 5.82 Å². The van der Waals surface area contributed by atoms with Gasteiger partial charge in [-0.15, -0.1) is 0 Å². The third kappa shape index (κ3) is 3.31. The van der Waals surface area contributed by atoms with E-state index in [0.717, 1.165) is 0 Å². The van der Waals surface area contributed by atoms with E-state index in [4.69, 9.17) is 16.3 Å². The molecule has 5 nitrogen and oxygen atoms in total. The van der Waals surface area contributed by atoms with Crippen molar-refractivity contribution >= 4 is 27.3 Å². The van der Waals surface area contributed by atoms with Crippen LogP contribution in [-0.2, 0) is 10.0 Å². The molecule has 0 unspecified atom stereocenters. The molecule has 0 amide bonds. The first-order valence-electron chi connectivity index (χ1n) is 7.68. The van der Waals surface area contributed by atoms with Crippen LogP contribution >= 0.6 is 11.6 Å². The van der Waals surface area contributed by atoms with E-state index < -0.39 is 21.9 Å². The van der Waals surface area contributed by atoms with Crippen molar-refractivity contribution in [1.29, 1.82) is 0 Å². The Morgan fingerprint density at radius 3 is 2.76 bits per heavy atom. The number of hydrogen-bond acceptors (Lipinski definition) is 4. The summed E-state index contributed by atoms with van der Waals surface area (Å²) in [5.74, 6) is -0.173. The van der Waals surface area contributed by atoms with Crippen LogP contribution < -0.4 is 9.04 Å². The summed E-state index contributed by atoms with van der Waals surface area (Å²) < 4.78 is 46.2. The number of halogens is 2. The average molecular weight is 386 g/mol. The molecular formula is C17H17ClFNO4S. The van der Waals surface area contributed by atoms with Gasteiger partial charge < -0.3 is 9.84 Å². The molecule has 134 valence electrons. The van der Waals surface area contributed by atoms with Gasteiger partial charge in [0.1, 0.15) is 16.5 Å². The zero-order valence-electron chi connectivity index (χ0n) is 13.4. The fourth-order valence-corrected chi connectivity index (χ4v) is 4.92. The fraction of sp³-hybridized carbons (Fsp3) is 0.294. The zero-order chi connectivity index (χ0) is 18.2. The van der Waals surface area contributed by atoms with E-state index in [1.165, 1.54) is 41.7 Å². The number of hydrogen-bond donors (Lipinski definition) is 1. The fourth-order valence-electron chi connectivity index (χ4n) is 2.90. The first-order valence-corrected chi connectivity index (χ1v) is 9.50. The molecule has 8 heteroatoms.